The lowest BCUT2D eigenvalue weighted by Gasteiger charge is -2.49. The van der Waals surface area contributed by atoms with Crippen LogP contribution in [0.2, 0.25) is 0 Å². The quantitative estimate of drug-likeness (QED) is 0.601. The SMILES string of the molecule is CC(C)C1CC12CN(C(C)(C)C)C2. The van der Waals surface area contributed by atoms with E-state index in [1.165, 1.54) is 19.5 Å². The maximum Gasteiger partial charge on any atom is 0.0125 e. The van der Waals surface area contributed by atoms with Gasteiger partial charge in [-0.05, 0) is 44.4 Å². The Morgan fingerprint density at radius 1 is 1.23 bits per heavy atom. The molecule has 1 aliphatic carbocycles. The molecule has 0 bridgehead atoms. The highest BCUT2D eigenvalue weighted by molar-refractivity contribution is 5.14. The number of nitrogens with zero attached hydrogens (tertiary/aromatic N) is 1. The van der Waals surface area contributed by atoms with Crippen LogP contribution in [0.1, 0.15) is 41.0 Å². The fourth-order valence-electron chi connectivity index (χ4n) is 2.87. The third kappa shape index (κ3) is 1.41. The zero-order valence-electron chi connectivity index (χ0n) is 9.72. The number of likely N-dealkylation sites (tertiary alicyclic amines) is 1. The molecular weight excluding hydrogens is 158 g/mol. The summed E-state index contributed by atoms with van der Waals surface area (Å²) in [5.41, 5.74) is 1.16. The van der Waals surface area contributed by atoms with Gasteiger partial charge in [0.05, 0.1) is 0 Å². The molecular formula is C12H23N. The second-order valence-corrected chi connectivity index (χ2v) is 6.44. The first-order valence-electron chi connectivity index (χ1n) is 5.60. The maximum atomic E-state index is 2.62. The average molecular weight is 181 g/mol. The summed E-state index contributed by atoms with van der Waals surface area (Å²) in [5, 5.41) is 0. The van der Waals surface area contributed by atoms with Gasteiger partial charge in [-0.2, -0.15) is 0 Å². The Kier molecular flexibility index (Phi) is 1.83. The molecule has 1 unspecified atom stereocenters. The Hall–Kier alpha value is -0.0400. The lowest BCUT2D eigenvalue weighted by molar-refractivity contribution is -0.0124. The molecule has 76 valence electrons. The summed E-state index contributed by atoms with van der Waals surface area (Å²) in [6.45, 7) is 14.4. The van der Waals surface area contributed by atoms with Crippen LogP contribution in [-0.4, -0.2) is 23.5 Å². The highest BCUT2D eigenvalue weighted by Crippen LogP contribution is 2.62. The predicted octanol–water partition coefficient (Wildman–Crippen LogP) is 2.76. The summed E-state index contributed by atoms with van der Waals surface area (Å²) in [6.07, 6.45) is 1.50. The van der Waals surface area contributed by atoms with E-state index in [0.29, 0.717) is 5.54 Å². The minimum Gasteiger partial charge on any atom is -0.297 e. The van der Waals surface area contributed by atoms with Gasteiger partial charge in [0.1, 0.15) is 0 Å². The standard InChI is InChI=1S/C12H23N/c1-9(2)10-6-12(10)7-13(8-12)11(3,4)5/h9-10H,6-8H2,1-5H3. The van der Waals surface area contributed by atoms with Crippen molar-refractivity contribution >= 4 is 0 Å². The van der Waals surface area contributed by atoms with Gasteiger partial charge in [0.15, 0.2) is 0 Å². The topological polar surface area (TPSA) is 3.24 Å². The van der Waals surface area contributed by atoms with Gasteiger partial charge in [-0.3, -0.25) is 4.90 Å². The summed E-state index contributed by atoms with van der Waals surface area (Å²) in [5.74, 6) is 1.94. The second-order valence-electron chi connectivity index (χ2n) is 6.44. The van der Waals surface area contributed by atoms with Gasteiger partial charge >= 0.3 is 0 Å². The van der Waals surface area contributed by atoms with Crippen molar-refractivity contribution in [1.29, 1.82) is 0 Å². The first-order valence-corrected chi connectivity index (χ1v) is 5.60. The lowest BCUT2D eigenvalue weighted by Crippen LogP contribution is -2.58. The zero-order chi connectivity index (χ0) is 9.85. The second kappa shape index (κ2) is 2.50. The predicted molar refractivity (Wildman–Crippen MR) is 56.7 cm³/mol. The molecule has 0 aromatic carbocycles. The molecule has 0 radical (unpaired) electrons. The fraction of sp³-hybridized carbons (Fsp3) is 1.00. The Morgan fingerprint density at radius 2 is 1.77 bits per heavy atom. The number of rotatable bonds is 1. The molecule has 0 aromatic rings. The Balaban J connectivity index is 1.87. The molecule has 1 atom stereocenters. The molecule has 0 aromatic heterocycles. The van der Waals surface area contributed by atoms with Crippen molar-refractivity contribution in [3.05, 3.63) is 0 Å². The summed E-state index contributed by atoms with van der Waals surface area (Å²) in [7, 11) is 0. The molecule has 2 rings (SSSR count). The first kappa shape index (κ1) is 9.51. The average Bonchev–Trinajstić information content (AvgIpc) is 2.53. The van der Waals surface area contributed by atoms with Crippen LogP contribution in [0.15, 0.2) is 0 Å². The summed E-state index contributed by atoms with van der Waals surface area (Å²) < 4.78 is 0. The van der Waals surface area contributed by atoms with Crippen molar-refractivity contribution in [2.24, 2.45) is 17.3 Å². The minimum absolute atomic E-state index is 0.398. The zero-order valence-corrected chi connectivity index (χ0v) is 9.72. The molecule has 0 amide bonds. The van der Waals surface area contributed by atoms with Crippen LogP contribution >= 0.6 is 0 Å². The van der Waals surface area contributed by atoms with Crippen molar-refractivity contribution in [3.8, 4) is 0 Å². The molecule has 2 fully saturated rings. The van der Waals surface area contributed by atoms with Gasteiger partial charge in [0, 0.05) is 18.6 Å². The summed E-state index contributed by atoms with van der Waals surface area (Å²) in [6, 6.07) is 0. The summed E-state index contributed by atoms with van der Waals surface area (Å²) >= 11 is 0. The first-order chi connectivity index (χ1) is 5.85. The van der Waals surface area contributed by atoms with E-state index in [1.54, 1.807) is 0 Å². The van der Waals surface area contributed by atoms with Crippen LogP contribution in [0.4, 0.5) is 0 Å². The van der Waals surface area contributed by atoms with E-state index in [4.69, 9.17) is 0 Å². The van der Waals surface area contributed by atoms with E-state index in [0.717, 1.165) is 17.3 Å². The van der Waals surface area contributed by atoms with E-state index in [-0.39, 0.29) is 0 Å². The van der Waals surface area contributed by atoms with Gasteiger partial charge in [0.25, 0.3) is 0 Å². The van der Waals surface area contributed by atoms with Gasteiger partial charge in [-0.25, -0.2) is 0 Å². The van der Waals surface area contributed by atoms with Crippen molar-refractivity contribution in [3.63, 3.8) is 0 Å². The van der Waals surface area contributed by atoms with Crippen molar-refractivity contribution in [2.45, 2.75) is 46.6 Å². The number of hydrogen-bond donors (Lipinski definition) is 0. The van der Waals surface area contributed by atoms with Crippen molar-refractivity contribution in [2.75, 3.05) is 13.1 Å². The third-order valence-electron chi connectivity index (χ3n) is 4.02. The van der Waals surface area contributed by atoms with Crippen LogP contribution in [0.3, 0.4) is 0 Å². The van der Waals surface area contributed by atoms with E-state index >= 15 is 0 Å². The van der Waals surface area contributed by atoms with Gasteiger partial charge in [-0.1, -0.05) is 13.8 Å². The van der Waals surface area contributed by atoms with Gasteiger partial charge < -0.3 is 0 Å². The maximum absolute atomic E-state index is 2.62. The lowest BCUT2D eigenvalue weighted by atomic mass is 9.85. The fourth-order valence-corrected chi connectivity index (χ4v) is 2.87. The smallest absolute Gasteiger partial charge is 0.0125 e. The van der Waals surface area contributed by atoms with Crippen LogP contribution < -0.4 is 0 Å². The van der Waals surface area contributed by atoms with Crippen LogP contribution in [0.5, 0.6) is 0 Å². The molecule has 1 saturated heterocycles. The normalized spacial score (nSPS) is 32.3. The molecule has 1 nitrogen and oxygen atoms in total. The molecule has 0 N–H and O–H groups in total. The molecule has 2 aliphatic rings. The Morgan fingerprint density at radius 3 is 2.08 bits per heavy atom. The highest BCUT2D eigenvalue weighted by Gasteiger charge is 2.62. The van der Waals surface area contributed by atoms with Crippen LogP contribution in [0.25, 0.3) is 0 Å². The van der Waals surface area contributed by atoms with E-state index < -0.39 is 0 Å². The summed E-state index contributed by atoms with van der Waals surface area (Å²) in [4.78, 5) is 2.62. The van der Waals surface area contributed by atoms with Crippen molar-refractivity contribution < 1.29 is 0 Å². The van der Waals surface area contributed by atoms with E-state index in [1.807, 2.05) is 0 Å². The third-order valence-corrected chi connectivity index (χ3v) is 4.02. The molecule has 1 saturated carbocycles. The van der Waals surface area contributed by atoms with Gasteiger partial charge in [0.2, 0.25) is 0 Å². The van der Waals surface area contributed by atoms with Crippen molar-refractivity contribution in [1.82, 2.24) is 4.90 Å². The van der Waals surface area contributed by atoms with E-state index in [9.17, 15) is 0 Å². The Labute approximate surface area is 82.5 Å². The highest BCUT2D eigenvalue weighted by atomic mass is 15.3. The molecule has 1 aliphatic heterocycles. The van der Waals surface area contributed by atoms with Crippen LogP contribution in [0, 0.1) is 17.3 Å². The van der Waals surface area contributed by atoms with Crippen LogP contribution in [-0.2, 0) is 0 Å². The molecule has 1 spiro atoms. The monoisotopic (exact) mass is 181 g/mol. The van der Waals surface area contributed by atoms with E-state index in [2.05, 4.69) is 39.5 Å². The van der Waals surface area contributed by atoms with Gasteiger partial charge in [-0.15, -0.1) is 0 Å². The minimum atomic E-state index is 0.398. The molecule has 1 heterocycles. The molecule has 1 heteroatoms. The largest absolute Gasteiger partial charge is 0.297 e. The Bertz CT molecular complexity index is 206. The molecule has 13 heavy (non-hydrogen) atoms. The number of hydrogen-bond acceptors (Lipinski definition) is 1.